The summed E-state index contributed by atoms with van der Waals surface area (Å²) in [6.45, 7) is 0. The van der Waals surface area contributed by atoms with Gasteiger partial charge in [-0.3, -0.25) is 9.20 Å². The Bertz CT molecular complexity index is 502. The van der Waals surface area contributed by atoms with Crippen LogP contribution >= 0.6 is 11.6 Å². The lowest BCUT2D eigenvalue weighted by Gasteiger charge is -1.93. The number of rotatable bonds is 2. The van der Waals surface area contributed by atoms with Crippen molar-refractivity contribution in [3.63, 3.8) is 0 Å². The van der Waals surface area contributed by atoms with E-state index in [0.717, 1.165) is 11.3 Å². The molecule has 0 saturated heterocycles. The Morgan fingerprint density at radius 2 is 2.29 bits per heavy atom. The number of carbonyl (C=O) groups is 1. The predicted octanol–water partition coefficient (Wildman–Crippen LogP) is 2.20. The van der Waals surface area contributed by atoms with Crippen molar-refractivity contribution in [1.29, 1.82) is 0 Å². The molecule has 0 aliphatic rings. The van der Waals surface area contributed by atoms with Gasteiger partial charge in [-0.1, -0.05) is 17.7 Å². The zero-order chi connectivity index (χ0) is 9.97. The molecule has 0 radical (unpaired) electrons. The molecule has 0 atom stereocenters. The molecule has 2 rings (SSSR count). The van der Waals surface area contributed by atoms with Crippen molar-refractivity contribution in [3.05, 3.63) is 41.3 Å². The average molecular weight is 207 g/mol. The summed E-state index contributed by atoms with van der Waals surface area (Å²) in [4.78, 5) is 14.3. The van der Waals surface area contributed by atoms with Gasteiger partial charge in [-0.15, -0.1) is 0 Å². The highest BCUT2D eigenvalue weighted by molar-refractivity contribution is 6.31. The van der Waals surface area contributed by atoms with Gasteiger partial charge >= 0.3 is 0 Å². The second-order valence-corrected chi connectivity index (χ2v) is 3.07. The first-order valence-corrected chi connectivity index (χ1v) is 4.45. The summed E-state index contributed by atoms with van der Waals surface area (Å²) in [7, 11) is 0. The lowest BCUT2D eigenvalue weighted by molar-refractivity contribution is -0.104. The number of hydrogen-bond donors (Lipinski definition) is 0. The maximum atomic E-state index is 10.2. The molecule has 70 valence electrons. The third kappa shape index (κ3) is 1.42. The van der Waals surface area contributed by atoms with E-state index in [1.807, 2.05) is 28.8 Å². The number of aromatic nitrogens is 2. The largest absolute Gasteiger partial charge is 0.299 e. The van der Waals surface area contributed by atoms with Gasteiger partial charge in [-0.05, 0) is 24.3 Å². The molecule has 0 saturated carbocycles. The van der Waals surface area contributed by atoms with Gasteiger partial charge in [0.05, 0.1) is 5.69 Å². The summed E-state index contributed by atoms with van der Waals surface area (Å²) >= 11 is 5.90. The molecule has 14 heavy (non-hydrogen) atoms. The maximum Gasteiger partial charge on any atom is 0.155 e. The molecule has 0 amide bonds. The van der Waals surface area contributed by atoms with Crippen LogP contribution in [0.25, 0.3) is 11.7 Å². The number of halogens is 1. The van der Waals surface area contributed by atoms with Gasteiger partial charge in [0, 0.05) is 6.20 Å². The van der Waals surface area contributed by atoms with Crippen LogP contribution in [-0.4, -0.2) is 15.7 Å². The molecular weight excluding hydrogens is 200 g/mol. The lowest BCUT2D eigenvalue weighted by atomic mass is 10.4. The van der Waals surface area contributed by atoms with Crippen LogP contribution < -0.4 is 0 Å². The van der Waals surface area contributed by atoms with Gasteiger partial charge in [-0.25, -0.2) is 4.98 Å². The summed E-state index contributed by atoms with van der Waals surface area (Å²) in [6, 6.07) is 5.61. The first kappa shape index (κ1) is 8.97. The van der Waals surface area contributed by atoms with Gasteiger partial charge in [0.2, 0.25) is 0 Å². The third-order valence-corrected chi connectivity index (χ3v) is 2.13. The molecule has 3 nitrogen and oxygen atoms in total. The molecule has 0 spiro atoms. The first-order valence-electron chi connectivity index (χ1n) is 4.07. The van der Waals surface area contributed by atoms with Crippen molar-refractivity contribution in [3.8, 4) is 0 Å². The van der Waals surface area contributed by atoms with E-state index in [0.29, 0.717) is 11.4 Å². The average Bonchev–Trinajstić information content (AvgIpc) is 2.51. The van der Waals surface area contributed by atoms with Crippen molar-refractivity contribution < 1.29 is 4.79 Å². The molecule has 0 aliphatic heterocycles. The molecule has 0 aliphatic carbocycles. The smallest absolute Gasteiger partial charge is 0.155 e. The van der Waals surface area contributed by atoms with E-state index in [9.17, 15) is 4.79 Å². The third-order valence-electron chi connectivity index (χ3n) is 1.85. The van der Waals surface area contributed by atoms with Crippen LogP contribution in [0.15, 0.2) is 30.5 Å². The molecule has 2 aromatic rings. The zero-order valence-corrected chi connectivity index (χ0v) is 7.98. The van der Waals surface area contributed by atoms with Crippen LogP contribution in [0.1, 0.15) is 5.69 Å². The topological polar surface area (TPSA) is 34.4 Å². The van der Waals surface area contributed by atoms with Gasteiger partial charge < -0.3 is 0 Å². The summed E-state index contributed by atoms with van der Waals surface area (Å²) in [6.07, 6.45) is 5.58. The highest BCUT2D eigenvalue weighted by Gasteiger charge is 2.05. The molecule has 0 N–H and O–H groups in total. The van der Waals surface area contributed by atoms with Crippen LogP contribution in [0, 0.1) is 0 Å². The maximum absolute atomic E-state index is 10.2. The number of pyridine rings is 1. The van der Waals surface area contributed by atoms with Crippen molar-refractivity contribution in [2.75, 3.05) is 0 Å². The Balaban J connectivity index is 2.67. The fourth-order valence-electron chi connectivity index (χ4n) is 1.27. The SMILES string of the molecule is O=C/C=C/c1c(Cl)nc2ccccn12. The van der Waals surface area contributed by atoms with E-state index in [1.165, 1.54) is 6.08 Å². The second kappa shape index (κ2) is 3.64. The molecule has 0 unspecified atom stereocenters. The Hall–Kier alpha value is -1.61. The van der Waals surface area contributed by atoms with Crippen LogP contribution in [0.2, 0.25) is 5.15 Å². The van der Waals surface area contributed by atoms with E-state index < -0.39 is 0 Å². The molecule has 2 heterocycles. The number of imidazole rings is 1. The van der Waals surface area contributed by atoms with Gasteiger partial charge in [-0.2, -0.15) is 0 Å². The summed E-state index contributed by atoms with van der Waals surface area (Å²) < 4.78 is 1.82. The molecular formula is C10H7ClN2O. The minimum Gasteiger partial charge on any atom is -0.299 e. The highest BCUT2D eigenvalue weighted by Crippen LogP contribution is 2.18. The Morgan fingerprint density at radius 3 is 3.07 bits per heavy atom. The van der Waals surface area contributed by atoms with Crippen molar-refractivity contribution in [1.82, 2.24) is 9.38 Å². The zero-order valence-electron chi connectivity index (χ0n) is 7.22. The highest BCUT2D eigenvalue weighted by atomic mass is 35.5. The van der Waals surface area contributed by atoms with Crippen molar-refractivity contribution in [2.45, 2.75) is 0 Å². The van der Waals surface area contributed by atoms with E-state index in [2.05, 4.69) is 4.98 Å². The number of fused-ring (bicyclic) bond motifs is 1. The Labute approximate surface area is 85.6 Å². The summed E-state index contributed by atoms with van der Waals surface area (Å²) in [5.74, 6) is 0. The Kier molecular flexibility index (Phi) is 2.33. The number of carbonyl (C=O) groups excluding carboxylic acids is 1. The lowest BCUT2D eigenvalue weighted by Crippen LogP contribution is -1.85. The van der Waals surface area contributed by atoms with Crippen molar-refractivity contribution >= 4 is 29.6 Å². The van der Waals surface area contributed by atoms with E-state index in [-0.39, 0.29) is 0 Å². The van der Waals surface area contributed by atoms with Gasteiger partial charge in [0.25, 0.3) is 0 Å². The van der Waals surface area contributed by atoms with Crippen LogP contribution in [0.3, 0.4) is 0 Å². The van der Waals surface area contributed by atoms with E-state index in [4.69, 9.17) is 11.6 Å². The fourth-order valence-corrected chi connectivity index (χ4v) is 1.51. The molecule has 4 heteroatoms. The quantitative estimate of drug-likeness (QED) is 0.558. The second-order valence-electron chi connectivity index (χ2n) is 2.71. The Morgan fingerprint density at radius 1 is 1.43 bits per heavy atom. The summed E-state index contributed by atoms with van der Waals surface area (Å²) in [5.41, 5.74) is 1.48. The standard InChI is InChI=1S/C10H7ClN2O/c11-10-8(4-3-7-14)13-6-2-1-5-9(13)12-10/h1-7H/b4-3+. The predicted molar refractivity (Wildman–Crippen MR) is 55.3 cm³/mol. The van der Waals surface area contributed by atoms with Crippen LogP contribution in [0.4, 0.5) is 0 Å². The number of aldehydes is 1. The molecule has 0 fully saturated rings. The summed E-state index contributed by atoms with van der Waals surface area (Å²) in [5, 5.41) is 0.398. The fraction of sp³-hybridized carbons (Fsp3) is 0. The molecule has 2 aromatic heterocycles. The number of nitrogens with zero attached hydrogens (tertiary/aromatic N) is 2. The van der Waals surface area contributed by atoms with E-state index in [1.54, 1.807) is 6.08 Å². The first-order chi connectivity index (χ1) is 6.83. The van der Waals surface area contributed by atoms with E-state index >= 15 is 0 Å². The van der Waals surface area contributed by atoms with Crippen LogP contribution in [0.5, 0.6) is 0 Å². The molecule has 0 aromatic carbocycles. The van der Waals surface area contributed by atoms with Gasteiger partial charge in [0.1, 0.15) is 11.9 Å². The normalized spacial score (nSPS) is 11.2. The minimum atomic E-state index is 0.398. The van der Waals surface area contributed by atoms with Crippen LogP contribution in [-0.2, 0) is 4.79 Å². The molecule has 0 bridgehead atoms. The number of allylic oxidation sites excluding steroid dienone is 1. The van der Waals surface area contributed by atoms with Gasteiger partial charge in [0.15, 0.2) is 5.15 Å². The minimum absolute atomic E-state index is 0.398. The number of hydrogen-bond acceptors (Lipinski definition) is 2. The monoisotopic (exact) mass is 206 g/mol. The van der Waals surface area contributed by atoms with Crippen molar-refractivity contribution in [2.24, 2.45) is 0 Å².